The lowest BCUT2D eigenvalue weighted by Crippen LogP contribution is -2.37. The molecule has 0 aliphatic heterocycles. The van der Waals surface area contributed by atoms with E-state index < -0.39 is 0 Å². The molecule has 2 aromatic heterocycles. The number of nitrogens with one attached hydrogen (secondary N) is 2. The van der Waals surface area contributed by atoms with Crippen molar-refractivity contribution >= 4 is 22.7 Å². The molecule has 0 saturated carbocycles. The van der Waals surface area contributed by atoms with Gasteiger partial charge in [0.1, 0.15) is 6.54 Å². The molecule has 198 valence electrons. The minimum Gasteiger partial charge on any atom is -0.356 e. The summed E-state index contributed by atoms with van der Waals surface area (Å²) in [4.78, 5) is 30.6. The molecule has 5 aromatic rings. The van der Waals surface area contributed by atoms with E-state index in [1.54, 1.807) is 13.1 Å². The van der Waals surface area contributed by atoms with E-state index in [0.717, 1.165) is 27.8 Å². The Morgan fingerprint density at radius 3 is 2.26 bits per heavy atom. The lowest BCUT2D eigenvalue weighted by Gasteiger charge is -2.24. The van der Waals surface area contributed by atoms with Crippen LogP contribution in [0.2, 0.25) is 0 Å². The second kappa shape index (κ2) is 11.7. The monoisotopic (exact) mass is 522 g/mol. The van der Waals surface area contributed by atoms with Gasteiger partial charge in [0.25, 0.3) is 5.56 Å². The van der Waals surface area contributed by atoms with Gasteiger partial charge in [-0.2, -0.15) is 0 Å². The summed E-state index contributed by atoms with van der Waals surface area (Å²) in [5.74, 6) is -0.122. The highest BCUT2D eigenvalue weighted by atomic mass is 16.5. The zero-order valence-electron chi connectivity index (χ0n) is 21.9. The molecule has 0 radical (unpaired) electrons. The normalized spacial score (nSPS) is 11.2. The van der Waals surface area contributed by atoms with Gasteiger partial charge in [-0.15, -0.1) is 0 Å². The summed E-state index contributed by atoms with van der Waals surface area (Å²) in [5.41, 5.74) is 7.99. The molecule has 0 aliphatic rings. The van der Waals surface area contributed by atoms with Crippen LogP contribution in [0.15, 0.2) is 94.4 Å². The molecular formula is C30H30N6O3. The van der Waals surface area contributed by atoms with Gasteiger partial charge in [0, 0.05) is 36.9 Å². The van der Waals surface area contributed by atoms with Crippen molar-refractivity contribution in [3.8, 4) is 0 Å². The van der Waals surface area contributed by atoms with Crippen molar-refractivity contribution in [2.45, 2.75) is 40.0 Å². The van der Waals surface area contributed by atoms with Crippen LogP contribution in [0, 0.1) is 13.8 Å². The van der Waals surface area contributed by atoms with Crippen molar-refractivity contribution in [2.75, 3.05) is 5.43 Å². The van der Waals surface area contributed by atoms with E-state index >= 15 is 0 Å². The van der Waals surface area contributed by atoms with Crippen LogP contribution >= 0.6 is 0 Å². The number of benzene rings is 3. The number of anilines is 1. The topological polar surface area (TPSA) is 105 Å². The van der Waals surface area contributed by atoms with Gasteiger partial charge in [-0.1, -0.05) is 71.9 Å². The predicted octanol–water partition coefficient (Wildman–Crippen LogP) is 4.35. The molecule has 2 N–H and O–H groups in total. The highest BCUT2D eigenvalue weighted by Gasteiger charge is 2.15. The third-order valence-corrected chi connectivity index (χ3v) is 6.46. The summed E-state index contributed by atoms with van der Waals surface area (Å²) in [6, 6.07) is 25.7. The molecule has 39 heavy (non-hydrogen) atoms. The summed E-state index contributed by atoms with van der Waals surface area (Å²) >= 11 is 0. The molecule has 0 fully saturated rings. The molecule has 0 atom stereocenters. The number of hydrogen-bond donors (Lipinski definition) is 2. The SMILES string of the molecule is Cc1noc2cc(CNC(=O)Cn3c(C)cnc(NN(Cc4ccccc4)Cc4ccccc4)c3=O)ccc12. The molecule has 9 heteroatoms. The summed E-state index contributed by atoms with van der Waals surface area (Å²) < 4.78 is 6.74. The summed E-state index contributed by atoms with van der Waals surface area (Å²) in [6.45, 7) is 4.94. The lowest BCUT2D eigenvalue weighted by molar-refractivity contribution is -0.121. The Balaban J connectivity index is 1.29. The highest BCUT2D eigenvalue weighted by Crippen LogP contribution is 2.19. The number of aromatic nitrogens is 3. The Labute approximate surface area is 226 Å². The molecule has 1 amide bonds. The van der Waals surface area contributed by atoms with Crippen LogP contribution in [-0.4, -0.2) is 25.6 Å². The molecule has 0 unspecified atom stereocenters. The Morgan fingerprint density at radius 1 is 0.923 bits per heavy atom. The number of hydrazine groups is 1. The molecule has 0 spiro atoms. The van der Waals surface area contributed by atoms with E-state index in [0.29, 0.717) is 30.9 Å². The number of hydrogen-bond acceptors (Lipinski definition) is 7. The second-order valence-electron chi connectivity index (χ2n) is 9.45. The van der Waals surface area contributed by atoms with Crippen LogP contribution < -0.4 is 16.3 Å². The minimum absolute atomic E-state index is 0.122. The molecule has 0 saturated heterocycles. The van der Waals surface area contributed by atoms with E-state index in [1.165, 1.54) is 4.57 Å². The smallest absolute Gasteiger partial charge is 0.295 e. The third-order valence-electron chi connectivity index (χ3n) is 6.46. The number of aryl methyl sites for hydroxylation is 2. The summed E-state index contributed by atoms with van der Waals surface area (Å²) in [6.07, 6.45) is 1.60. The first kappa shape index (κ1) is 25.9. The Bertz CT molecular complexity index is 1590. The van der Waals surface area contributed by atoms with Crippen molar-refractivity contribution < 1.29 is 9.32 Å². The minimum atomic E-state index is -0.366. The largest absolute Gasteiger partial charge is 0.356 e. The maximum atomic E-state index is 13.4. The van der Waals surface area contributed by atoms with E-state index in [2.05, 4.69) is 20.9 Å². The molecule has 0 bridgehead atoms. The van der Waals surface area contributed by atoms with Crippen LogP contribution in [0.4, 0.5) is 5.82 Å². The zero-order chi connectivity index (χ0) is 27.2. The van der Waals surface area contributed by atoms with E-state index in [-0.39, 0.29) is 23.8 Å². The van der Waals surface area contributed by atoms with E-state index in [1.807, 2.05) is 90.8 Å². The van der Waals surface area contributed by atoms with Gasteiger partial charge < -0.3 is 9.84 Å². The van der Waals surface area contributed by atoms with Crippen LogP contribution in [0.5, 0.6) is 0 Å². The fraction of sp³-hybridized carbons (Fsp3) is 0.200. The first-order valence-corrected chi connectivity index (χ1v) is 12.7. The lowest BCUT2D eigenvalue weighted by atomic mass is 10.1. The predicted molar refractivity (Wildman–Crippen MR) is 150 cm³/mol. The van der Waals surface area contributed by atoms with Crippen LogP contribution in [0.25, 0.3) is 11.0 Å². The molecular weight excluding hydrogens is 492 g/mol. The van der Waals surface area contributed by atoms with Crippen molar-refractivity contribution in [2.24, 2.45) is 0 Å². The van der Waals surface area contributed by atoms with Gasteiger partial charge >= 0.3 is 0 Å². The van der Waals surface area contributed by atoms with Gasteiger partial charge in [0.05, 0.1) is 5.69 Å². The summed E-state index contributed by atoms with van der Waals surface area (Å²) in [5, 5.41) is 9.74. The van der Waals surface area contributed by atoms with E-state index in [4.69, 9.17) is 4.52 Å². The Kier molecular flexibility index (Phi) is 7.79. The van der Waals surface area contributed by atoms with Crippen LogP contribution in [0.1, 0.15) is 28.1 Å². The Hall–Kier alpha value is -4.76. The van der Waals surface area contributed by atoms with Gasteiger partial charge in [-0.05, 0) is 42.7 Å². The van der Waals surface area contributed by atoms with Crippen LogP contribution in [0.3, 0.4) is 0 Å². The van der Waals surface area contributed by atoms with Gasteiger partial charge in [0.2, 0.25) is 11.7 Å². The fourth-order valence-corrected chi connectivity index (χ4v) is 4.35. The van der Waals surface area contributed by atoms with Gasteiger partial charge in [-0.25, -0.2) is 9.99 Å². The fourth-order valence-electron chi connectivity index (χ4n) is 4.35. The van der Waals surface area contributed by atoms with Crippen molar-refractivity contribution in [1.29, 1.82) is 0 Å². The second-order valence-corrected chi connectivity index (χ2v) is 9.45. The maximum absolute atomic E-state index is 13.4. The zero-order valence-corrected chi connectivity index (χ0v) is 21.9. The van der Waals surface area contributed by atoms with Gasteiger partial charge in [0.15, 0.2) is 5.58 Å². The van der Waals surface area contributed by atoms with Crippen molar-refractivity contribution in [1.82, 2.24) is 25.0 Å². The van der Waals surface area contributed by atoms with E-state index in [9.17, 15) is 9.59 Å². The standard InChI is InChI=1S/C30H30N6O3/c1-21-16-32-29(33-35(18-23-9-5-3-6-10-23)19-24-11-7-4-8-12-24)30(38)36(21)20-28(37)31-17-25-13-14-26-22(2)34-39-27(26)15-25/h3-16H,17-20H2,1-2H3,(H,31,37)(H,32,33). The van der Waals surface area contributed by atoms with Crippen molar-refractivity contribution in [3.63, 3.8) is 0 Å². The number of nitrogens with zero attached hydrogens (tertiary/aromatic N) is 4. The first-order chi connectivity index (χ1) is 19.0. The highest BCUT2D eigenvalue weighted by molar-refractivity contribution is 5.80. The molecule has 2 heterocycles. The summed E-state index contributed by atoms with van der Waals surface area (Å²) in [7, 11) is 0. The number of carbonyl (C=O) groups is 1. The molecule has 9 nitrogen and oxygen atoms in total. The first-order valence-electron chi connectivity index (χ1n) is 12.7. The quantitative estimate of drug-likeness (QED) is 0.263. The number of carbonyl (C=O) groups excluding carboxylic acids is 1. The molecule has 3 aromatic carbocycles. The third kappa shape index (κ3) is 6.39. The maximum Gasteiger partial charge on any atom is 0.295 e. The average molecular weight is 523 g/mol. The average Bonchev–Trinajstić information content (AvgIpc) is 3.32. The molecule has 5 rings (SSSR count). The number of amides is 1. The molecule has 0 aliphatic carbocycles. The number of rotatable bonds is 10. The van der Waals surface area contributed by atoms with Crippen LogP contribution in [-0.2, 0) is 31.0 Å². The van der Waals surface area contributed by atoms with Crippen molar-refractivity contribution in [3.05, 3.63) is 123 Å². The van der Waals surface area contributed by atoms with Gasteiger partial charge in [-0.3, -0.25) is 19.6 Å². The number of fused-ring (bicyclic) bond motifs is 1. The Morgan fingerprint density at radius 2 is 1.59 bits per heavy atom.